The van der Waals surface area contributed by atoms with E-state index in [0.29, 0.717) is 31.4 Å². The van der Waals surface area contributed by atoms with Crippen molar-refractivity contribution in [1.82, 2.24) is 15.1 Å². The Labute approximate surface area is 232 Å². The molecule has 0 radical (unpaired) electrons. The number of anilines is 1. The van der Waals surface area contributed by atoms with Gasteiger partial charge in [0.05, 0.1) is 18.6 Å². The smallest absolute Gasteiger partial charge is 0.251 e. The third-order valence-corrected chi connectivity index (χ3v) is 8.05. The van der Waals surface area contributed by atoms with Gasteiger partial charge < -0.3 is 25.8 Å². The minimum Gasteiger partial charge on any atom is -0.372 e. The van der Waals surface area contributed by atoms with Crippen LogP contribution in [-0.4, -0.2) is 83.7 Å². The summed E-state index contributed by atoms with van der Waals surface area (Å²) in [4.78, 5) is 58.7. The molecule has 4 unspecified atom stereocenters. The summed E-state index contributed by atoms with van der Waals surface area (Å²) in [5.41, 5.74) is 7.71. The number of ketones is 1. The van der Waals surface area contributed by atoms with Crippen LogP contribution < -0.4 is 16.0 Å². The maximum absolute atomic E-state index is 13.8. The average Bonchev–Trinajstić information content (AvgIpc) is 3.60. The molecule has 1 aromatic carbocycles. The van der Waals surface area contributed by atoms with Crippen molar-refractivity contribution >= 4 is 29.2 Å². The molecule has 9 heteroatoms. The van der Waals surface area contributed by atoms with E-state index in [4.69, 9.17) is 5.73 Å². The SMILES string of the molecule is CC(C)CC(NC(=O)c1ccc(N2CCCC2)cc1)C(=O)N1CCC2C1C(=O)CN2C(=O)C(N)CC(C)(C)C. The number of nitrogens with one attached hydrogen (secondary N) is 1. The first-order valence-electron chi connectivity index (χ1n) is 14.4. The van der Waals surface area contributed by atoms with Crippen molar-refractivity contribution in [2.45, 2.75) is 90.9 Å². The summed E-state index contributed by atoms with van der Waals surface area (Å²) in [5, 5.41) is 2.95. The molecule has 3 aliphatic rings. The van der Waals surface area contributed by atoms with Crippen molar-refractivity contribution in [2.75, 3.05) is 31.1 Å². The predicted molar refractivity (Wildman–Crippen MR) is 151 cm³/mol. The highest BCUT2D eigenvalue weighted by Gasteiger charge is 2.52. The van der Waals surface area contributed by atoms with Gasteiger partial charge in [-0.15, -0.1) is 0 Å². The lowest BCUT2D eigenvalue weighted by Gasteiger charge is -2.30. The summed E-state index contributed by atoms with van der Waals surface area (Å²) in [6.07, 6.45) is 3.85. The van der Waals surface area contributed by atoms with E-state index in [1.54, 1.807) is 21.9 Å². The molecular formula is C30H45N5O4. The summed E-state index contributed by atoms with van der Waals surface area (Å²) in [7, 11) is 0. The van der Waals surface area contributed by atoms with Crippen molar-refractivity contribution in [3.8, 4) is 0 Å². The fourth-order valence-corrected chi connectivity index (χ4v) is 6.25. The van der Waals surface area contributed by atoms with Crippen molar-refractivity contribution < 1.29 is 19.2 Å². The van der Waals surface area contributed by atoms with E-state index < -0.39 is 18.1 Å². The number of fused-ring (bicyclic) bond motifs is 1. The molecule has 214 valence electrons. The van der Waals surface area contributed by atoms with Gasteiger partial charge in [0.2, 0.25) is 11.8 Å². The number of carbonyl (C=O) groups excluding carboxylic acids is 4. The van der Waals surface area contributed by atoms with Gasteiger partial charge in [0.25, 0.3) is 5.91 Å². The molecule has 4 atom stereocenters. The molecule has 0 aromatic heterocycles. The molecule has 3 aliphatic heterocycles. The highest BCUT2D eigenvalue weighted by molar-refractivity contribution is 6.01. The molecule has 3 amide bonds. The third kappa shape index (κ3) is 6.62. The van der Waals surface area contributed by atoms with E-state index in [1.807, 2.05) is 46.8 Å². The van der Waals surface area contributed by atoms with E-state index in [1.165, 1.54) is 12.8 Å². The lowest BCUT2D eigenvalue weighted by molar-refractivity contribution is -0.138. The zero-order valence-corrected chi connectivity index (χ0v) is 24.1. The van der Waals surface area contributed by atoms with Crippen LogP contribution in [0.5, 0.6) is 0 Å². The monoisotopic (exact) mass is 539 g/mol. The van der Waals surface area contributed by atoms with Gasteiger partial charge in [0.1, 0.15) is 12.1 Å². The van der Waals surface area contributed by atoms with Gasteiger partial charge in [-0.3, -0.25) is 19.2 Å². The van der Waals surface area contributed by atoms with Crippen LogP contribution in [0.25, 0.3) is 0 Å². The number of rotatable bonds is 8. The van der Waals surface area contributed by atoms with Crippen LogP contribution in [-0.2, 0) is 14.4 Å². The molecular weight excluding hydrogens is 494 g/mol. The number of nitrogens with two attached hydrogens (primary N) is 1. The molecule has 3 N–H and O–H groups in total. The van der Waals surface area contributed by atoms with Gasteiger partial charge in [-0.05, 0) is 67.7 Å². The summed E-state index contributed by atoms with van der Waals surface area (Å²) in [6.45, 7) is 12.5. The number of amides is 3. The second-order valence-electron chi connectivity index (χ2n) is 13.0. The molecule has 39 heavy (non-hydrogen) atoms. The summed E-state index contributed by atoms with van der Waals surface area (Å²) in [6, 6.07) is 5.02. The molecule has 0 spiro atoms. The van der Waals surface area contributed by atoms with Crippen LogP contribution in [0.3, 0.4) is 0 Å². The highest BCUT2D eigenvalue weighted by atomic mass is 16.2. The number of nitrogens with zero attached hydrogens (tertiary/aromatic N) is 3. The van der Waals surface area contributed by atoms with Crippen LogP contribution >= 0.6 is 0 Å². The van der Waals surface area contributed by atoms with E-state index >= 15 is 0 Å². The van der Waals surface area contributed by atoms with Crippen molar-refractivity contribution in [3.63, 3.8) is 0 Å². The third-order valence-electron chi connectivity index (χ3n) is 8.05. The van der Waals surface area contributed by atoms with Crippen molar-refractivity contribution in [2.24, 2.45) is 17.1 Å². The number of carbonyl (C=O) groups is 4. The largest absolute Gasteiger partial charge is 0.372 e. The molecule has 3 fully saturated rings. The first kappa shape index (κ1) is 29.1. The number of likely N-dealkylation sites (tertiary alicyclic amines) is 2. The fraction of sp³-hybridized carbons (Fsp3) is 0.667. The fourth-order valence-electron chi connectivity index (χ4n) is 6.25. The molecule has 4 rings (SSSR count). The van der Waals surface area contributed by atoms with E-state index in [-0.39, 0.29) is 47.4 Å². The molecule has 0 saturated carbocycles. The second kappa shape index (κ2) is 11.7. The van der Waals surface area contributed by atoms with E-state index in [9.17, 15) is 19.2 Å². The van der Waals surface area contributed by atoms with Crippen molar-refractivity contribution in [3.05, 3.63) is 29.8 Å². The Hall–Kier alpha value is -2.94. The molecule has 0 aliphatic carbocycles. The molecule has 0 bridgehead atoms. The predicted octanol–water partition coefficient (Wildman–Crippen LogP) is 2.58. The lowest BCUT2D eigenvalue weighted by atomic mass is 9.88. The second-order valence-corrected chi connectivity index (χ2v) is 13.0. The summed E-state index contributed by atoms with van der Waals surface area (Å²) in [5.74, 6) is -0.790. The van der Waals surface area contributed by atoms with Crippen molar-refractivity contribution in [1.29, 1.82) is 0 Å². The molecule has 1 aromatic rings. The zero-order valence-electron chi connectivity index (χ0n) is 24.1. The zero-order chi connectivity index (χ0) is 28.5. The lowest BCUT2D eigenvalue weighted by Crippen LogP contribution is -2.53. The maximum atomic E-state index is 13.8. The first-order valence-corrected chi connectivity index (χ1v) is 14.4. The molecule has 3 saturated heterocycles. The standard InChI is InChI=1S/C30H45N5O4/c1-19(2)16-23(32-27(37)20-8-10-21(11-9-20)33-13-6-7-14-33)29(39)34-15-12-24-26(34)25(36)18-35(24)28(38)22(31)17-30(3,4)5/h8-11,19,22-24,26H,6-7,12-18,31H2,1-5H3,(H,32,37). The topological polar surface area (TPSA) is 116 Å². The molecule has 9 nitrogen and oxygen atoms in total. The van der Waals surface area contributed by atoms with Gasteiger partial charge in [-0.25, -0.2) is 0 Å². The van der Waals surface area contributed by atoms with Crippen LogP contribution in [0.4, 0.5) is 5.69 Å². The van der Waals surface area contributed by atoms with Crippen LogP contribution in [0.15, 0.2) is 24.3 Å². The van der Waals surface area contributed by atoms with E-state index in [0.717, 1.165) is 18.8 Å². The van der Waals surface area contributed by atoms with Crippen LogP contribution in [0.1, 0.15) is 77.1 Å². The average molecular weight is 540 g/mol. The Balaban J connectivity index is 1.45. The Bertz CT molecular complexity index is 1070. The minimum atomic E-state index is -0.754. The quantitative estimate of drug-likeness (QED) is 0.525. The minimum absolute atomic E-state index is 0.0274. The van der Waals surface area contributed by atoms with Gasteiger partial charge in [0, 0.05) is 30.9 Å². The van der Waals surface area contributed by atoms with Gasteiger partial charge in [0.15, 0.2) is 5.78 Å². The summed E-state index contributed by atoms with van der Waals surface area (Å²) >= 11 is 0. The Morgan fingerprint density at radius 2 is 1.64 bits per heavy atom. The van der Waals surface area contributed by atoms with Crippen LogP contribution in [0, 0.1) is 11.3 Å². The summed E-state index contributed by atoms with van der Waals surface area (Å²) < 4.78 is 0. The number of hydrogen-bond donors (Lipinski definition) is 2. The number of Topliss-reactive ketones (excluding diaryl/α,β-unsaturated/α-hetero) is 1. The van der Waals surface area contributed by atoms with Gasteiger partial charge in [-0.1, -0.05) is 34.6 Å². The molecule has 3 heterocycles. The Kier molecular flexibility index (Phi) is 8.69. The number of benzene rings is 1. The van der Waals surface area contributed by atoms with E-state index in [2.05, 4.69) is 10.2 Å². The van der Waals surface area contributed by atoms with Gasteiger partial charge >= 0.3 is 0 Å². The first-order chi connectivity index (χ1) is 18.4. The Morgan fingerprint density at radius 3 is 2.23 bits per heavy atom. The maximum Gasteiger partial charge on any atom is 0.251 e. The normalized spacial score (nSPS) is 22.8. The highest BCUT2D eigenvalue weighted by Crippen LogP contribution is 2.32. The van der Waals surface area contributed by atoms with Crippen LogP contribution in [0.2, 0.25) is 0 Å². The van der Waals surface area contributed by atoms with Gasteiger partial charge in [-0.2, -0.15) is 0 Å². The Morgan fingerprint density at radius 1 is 1.00 bits per heavy atom. The number of hydrogen-bond acceptors (Lipinski definition) is 6.